The smallest absolute Gasteiger partial charge is 0.215 e. The molecule has 0 heterocycles. The van der Waals surface area contributed by atoms with Crippen LogP contribution < -0.4 is 0 Å². The number of benzene rings is 1. The number of rotatable bonds is 1. The lowest BCUT2D eigenvalue weighted by Crippen LogP contribution is -1.79. The molecule has 47 valence electrons. The lowest BCUT2D eigenvalue weighted by atomic mass is 10.2. The molecule has 9 heavy (non-hydrogen) atoms. The topological polar surface area (TPSA) is 0 Å². The summed E-state index contributed by atoms with van der Waals surface area (Å²) in [6.07, 6.45) is 0. The molecular weight excluding hydrogens is 139 g/mol. The molecule has 0 fully saturated rings. The van der Waals surface area contributed by atoms with Crippen LogP contribution in [-0.4, -0.2) is 0 Å². The second-order valence-electron chi connectivity index (χ2n) is 1.63. The Morgan fingerprint density at radius 1 is 1.22 bits per heavy atom. The Balaban J connectivity index is 2.85. The van der Waals surface area contributed by atoms with Gasteiger partial charge in [-0.1, -0.05) is 41.9 Å². The third-order valence-electron chi connectivity index (χ3n) is 0.992. The zero-order chi connectivity index (χ0) is 6.69. The Morgan fingerprint density at radius 3 is 2.11 bits per heavy atom. The minimum atomic E-state index is -0.657. The maximum atomic E-state index is 12.1. The molecule has 0 bridgehead atoms. The lowest BCUT2D eigenvalue weighted by molar-refractivity contribution is 0.612. The number of halogens is 2. The summed E-state index contributed by atoms with van der Waals surface area (Å²) in [6, 6.07) is 8.50. The maximum absolute atomic E-state index is 12.1. The summed E-state index contributed by atoms with van der Waals surface area (Å²) >= 11 is 5.05. The zero-order valence-corrected chi connectivity index (χ0v) is 5.40. The third-order valence-corrected chi connectivity index (χ3v) is 1.21. The fraction of sp³-hybridized carbons (Fsp3) is 0. The van der Waals surface area contributed by atoms with Crippen LogP contribution in [0.2, 0.25) is 0 Å². The van der Waals surface area contributed by atoms with Gasteiger partial charge in [0.1, 0.15) is 0 Å². The first-order valence-corrected chi connectivity index (χ1v) is 2.92. The summed E-state index contributed by atoms with van der Waals surface area (Å²) in [5.41, 5.74) is -0.227. The maximum Gasteiger partial charge on any atom is 0.260 e. The first kappa shape index (κ1) is 6.56. The molecule has 1 radical (unpaired) electrons. The highest BCUT2D eigenvalue weighted by atomic mass is 35.5. The van der Waals surface area contributed by atoms with Crippen molar-refractivity contribution < 1.29 is 4.39 Å². The molecule has 0 N–H and O–H groups in total. The van der Waals surface area contributed by atoms with Gasteiger partial charge in [-0.05, 0) is 0 Å². The van der Waals surface area contributed by atoms with Crippen molar-refractivity contribution in [3.05, 3.63) is 41.5 Å². The van der Waals surface area contributed by atoms with Crippen LogP contribution in [0.4, 0.5) is 4.39 Å². The molecule has 0 aliphatic heterocycles. The normalized spacial score (nSPS) is 10.1. The minimum absolute atomic E-state index is 0.430. The van der Waals surface area contributed by atoms with E-state index in [-0.39, 0.29) is 0 Å². The van der Waals surface area contributed by atoms with Gasteiger partial charge in [-0.25, -0.2) is 4.39 Å². The predicted molar refractivity (Wildman–Crippen MR) is 35.7 cm³/mol. The Morgan fingerprint density at radius 2 is 1.78 bits per heavy atom. The molecule has 0 unspecified atom stereocenters. The van der Waals surface area contributed by atoms with Gasteiger partial charge in [-0.2, -0.15) is 0 Å². The monoisotopic (exact) mass is 143 g/mol. The highest BCUT2D eigenvalue weighted by Gasteiger charge is 2.03. The highest BCUT2D eigenvalue weighted by molar-refractivity contribution is 6.27. The van der Waals surface area contributed by atoms with Crippen molar-refractivity contribution in [2.24, 2.45) is 0 Å². The van der Waals surface area contributed by atoms with Crippen molar-refractivity contribution in [1.29, 1.82) is 0 Å². The molecule has 0 aliphatic rings. The van der Waals surface area contributed by atoms with Gasteiger partial charge in [0.05, 0.1) is 0 Å². The first-order chi connectivity index (χ1) is 4.30. The van der Waals surface area contributed by atoms with Gasteiger partial charge >= 0.3 is 0 Å². The highest BCUT2D eigenvalue weighted by Crippen LogP contribution is 2.18. The molecule has 0 aliphatic carbocycles. The van der Waals surface area contributed by atoms with Gasteiger partial charge < -0.3 is 0 Å². The lowest BCUT2D eigenvalue weighted by Gasteiger charge is -1.94. The van der Waals surface area contributed by atoms with Crippen LogP contribution >= 0.6 is 11.6 Å². The van der Waals surface area contributed by atoms with Gasteiger partial charge in [0, 0.05) is 5.56 Å². The molecule has 2 heteroatoms. The summed E-state index contributed by atoms with van der Waals surface area (Å²) in [7, 11) is 0. The van der Waals surface area contributed by atoms with E-state index >= 15 is 0 Å². The minimum Gasteiger partial charge on any atom is -0.215 e. The van der Waals surface area contributed by atoms with Crippen molar-refractivity contribution >= 4 is 11.6 Å². The van der Waals surface area contributed by atoms with E-state index in [0.29, 0.717) is 5.56 Å². The number of hydrogen-bond acceptors (Lipinski definition) is 0. The van der Waals surface area contributed by atoms with Crippen molar-refractivity contribution in [2.75, 3.05) is 0 Å². The number of hydrogen-bond donors (Lipinski definition) is 0. The van der Waals surface area contributed by atoms with E-state index in [9.17, 15) is 4.39 Å². The standard InChI is InChI=1S/C7H5ClF/c8-7(9)6-4-2-1-3-5-6/h1-5H. The summed E-state index contributed by atoms with van der Waals surface area (Å²) < 4.78 is 12.1. The molecule has 1 aromatic carbocycles. The average molecular weight is 144 g/mol. The average Bonchev–Trinajstić information content (AvgIpc) is 1.90. The van der Waals surface area contributed by atoms with Crippen LogP contribution in [0, 0.1) is 5.63 Å². The summed E-state index contributed by atoms with van der Waals surface area (Å²) in [4.78, 5) is 0. The van der Waals surface area contributed by atoms with E-state index < -0.39 is 5.63 Å². The molecular formula is C7H5ClF. The quantitative estimate of drug-likeness (QED) is 0.567. The molecule has 0 nitrogen and oxygen atoms in total. The molecule has 0 atom stereocenters. The van der Waals surface area contributed by atoms with E-state index in [0.717, 1.165) is 0 Å². The van der Waals surface area contributed by atoms with Gasteiger partial charge in [-0.3, -0.25) is 0 Å². The van der Waals surface area contributed by atoms with Gasteiger partial charge in [0.2, 0.25) is 0 Å². The van der Waals surface area contributed by atoms with Crippen LogP contribution in [0.5, 0.6) is 0 Å². The van der Waals surface area contributed by atoms with Gasteiger partial charge in [0.15, 0.2) is 0 Å². The Bertz CT molecular complexity index is 172. The summed E-state index contributed by atoms with van der Waals surface area (Å²) in [5.74, 6) is 0. The molecule has 0 spiro atoms. The fourth-order valence-corrected chi connectivity index (χ4v) is 0.690. The van der Waals surface area contributed by atoms with E-state index in [4.69, 9.17) is 11.6 Å². The Kier molecular flexibility index (Phi) is 2.06. The van der Waals surface area contributed by atoms with Crippen molar-refractivity contribution in [3.63, 3.8) is 0 Å². The first-order valence-electron chi connectivity index (χ1n) is 2.54. The third kappa shape index (κ3) is 1.68. The molecule has 0 amide bonds. The molecule has 0 saturated heterocycles. The van der Waals surface area contributed by atoms with E-state index in [1.165, 1.54) is 0 Å². The summed E-state index contributed by atoms with van der Waals surface area (Å²) in [5, 5.41) is 0. The van der Waals surface area contributed by atoms with E-state index in [1.54, 1.807) is 24.3 Å². The van der Waals surface area contributed by atoms with E-state index in [2.05, 4.69) is 0 Å². The molecule has 1 rings (SSSR count). The van der Waals surface area contributed by atoms with E-state index in [1.807, 2.05) is 6.07 Å². The Labute approximate surface area is 58.3 Å². The second kappa shape index (κ2) is 2.83. The van der Waals surface area contributed by atoms with Crippen LogP contribution in [-0.2, 0) is 0 Å². The Hall–Kier alpha value is -0.560. The molecule has 0 aromatic heterocycles. The van der Waals surface area contributed by atoms with Gasteiger partial charge in [0.25, 0.3) is 5.63 Å². The van der Waals surface area contributed by atoms with Crippen LogP contribution in [0.15, 0.2) is 30.3 Å². The second-order valence-corrected chi connectivity index (χ2v) is 1.96. The molecule has 0 saturated carbocycles. The molecule has 1 aromatic rings. The fourth-order valence-electron chi connectivity index (χ4n) is 0.564. The SMILES string of the molecule is F[C](Cl)c1ccccc1. The van der Waals surface area contributed by atoms with Crippen molar-refractivity contribution in [2.45, 2.75) is 0 Å². The van der Waals surface area contributed by atoms with Crippen LogP contribution in [0.3, 0.4) is 0 Å². The van der Waals surface area contributed by atoms with Crippen molar-refractivity contribution in [1.82, 2.24) is 0 Å². The summed E-state index contributed by atoms with van der Waals surface area (Å²) in [6.45, 7) is 0. The zero-order valence-electron chi connectivity index (χ0n) is 4.64. The van der Waals surface area contributed by atoms with Crippen LogP contribution in [0.25, 0.3) is 0 Å². The van der Waals surface area contributed by atoms with Crippen LogP contribution in [0.1, 0.15) is 5.56 Å². The van der Waals surface area contributed by atoms with Crippen molar-refractivity contribution in [3.8, 4) is 0 Å². The largest absolute Gasteiger partial charge is 0.260 e. The predicted octanol–water partition coefficient (Wildman–Crippen LogP) is 2.73. The van der Waals surface area contributed by atoms with Gasteiger partial charge in [-0.15, -0.1) is 0 Å².